The van der Waals surface area contributed by atoms with Gasteiger partial charge in [-0.25, -0.2) is 12.1 Å². The Morgan fingerprint density at radius 3 is 1.25 bits per heavy atom. The second kappa shape index (κ2) is 14.7. The van der Waals surface area contributed by atoms with E-state index in [-0.39, 0.29) is 10.8 Å². The van der Waals surface area contributed by atoms with Crippen LogP contribution in [0, 0.1) is 13.8 Å². The van der Waals surface area contributed by atoms with Crippen molar-refractivity contribution in [3.05, 3.63) is 155 Å². The summed E-state index contributed by atoms with van der Waals surface area (Å²) in [5.74, 6) is 0. The number of benzene rings is 4. The predicted molar refractivity (Wildman–Crippen MR) is 194 cm³/mol. The van der Waals surface area contributed by atoms with Crippen LogP contribution in [0.2, 0.25) is 0 Å². The molecule has 0 radical (unpaired) electrons. The average Bonchev–Trinajstić information content (AvgIpc) is 3.66. The van der Waals surface area contributed by atoms with Gasteiger partial charge in [0.05, 0.1) is 0 Å². The van der Waals surface area contributed by atoms with Crippen molar-refractivity contribution in [2.75, 3.05) is 0 Å². The van der Waals surface area contributed by atoms with E-state index < -0.39 is 18.6 Å². The summed E-state index contributed by atoms with van der Waals surface area (Å²) in [5, 5.41) is 5.48. The van der Waals surface area contributed by atoms with E-state index in [1.54, 1.807) is 0 Å². The van der Waals surface area contributed by atoms with Gasteiger partial charge in [0.15, 0.2) is 0 Å². The van der Waals surface area contributed by atoms with Crippen LogP contribution in [0.3, 0.4) is 0 Å². The number of fused-ring (bicyclic) bond motifs is 3. The zero-order valence-electron chi connectivity index (χ0n) is 27.3. The quantitative estimate of drug-likeness (QED) is 0.121. The minimum Gasteiger partial charge on any atom is -0.214 e. The molecule has 0 aliphatic heterocycles. The van der Waals surface area contributed by atoms with Crippen molar-refractivity contribution in [2.24, 2.45) is 0 Å². The molecule has 0 bridgehead atoms. The molecule has 0 aliphatic carbocycles. The minimum atomic E-state index is -2.64. The molecule has 0 nitrogen and oxygen atoms in total. The summed E-state index contributed by atoms with van der Waals surface area (Å²) >= 11 is -2.64. The third-order valence-electron chi connectivity index (χ3n) is 7.86. The summed E-state index contributed by atoms with van der Waals surface area (Å²) in [5.41, 5.74) is 8.04. The van der Waals surface area contributed by atoms with E-state index >= 15 is 0 Å². The van der Waals surface area contributed by atoms with Gasteiger partial charge in [-0.3, -0.25) is 0 Å². The molecule has 228 valence electrons. The fourth-order valence-corrected chi connectivity index (χ4v) is 11.4. The number of hydrogen-bond acceptors (Lipinski definition) is 0. The van der Waals surface area contributed by atoms with Gasteiger partial charge >= 0.3 is 124 Å². The van der Waals surface area contributed by atoms with E-state index in [2.05, 4.69) is 146 Å². The average molecular weight is 786 g/mol. The fourth-order valence-electron chi connectivity index (χ4n) is 5.10. The molecular weight excluding hydrogens is 742 g/mol. The first-order valence-corrected chi connectivity index (χ1v) is 25.9. The summed E-state index contributed by atoms with van der Waals surface area (Å²) in [4.78, 5) is 0. The molecule has 0 heterocycles. The van der Waals surface area contributed by atoms with Crippen LogP contribution in [-0.4, -0.2) is 3.26 Å². The van der Waals surface area contributed by atoms with Crippen LogP contribution in [0.5, 0.6) is 0 Å². The van der Waals surface area contributed by atoms with Crippen molar-refractivity contribution in [2.45, 2.75) is 66.2 Å². The third-order valence-corrected chi connectivity index (χ3v) is 14.4. The maximum Gasteiger partial charge on any atom is -0.172 e. The number of halogens is 2. The van der Waals surface area contributed by atoms with E-state index in [1.807, 2.05) is 30.3 Å². The smallest absolute Gasteiger partial charge is 0.172 e. The van der Waals surface area contributed by atoms with Crippen LogP contribution in [0.1, 0.15) is 74.9 Å². The van der Waals surface area contributed by atoms with Crippen LogP contribution in [0.15, 0.2) is 121 Å². The van der Waals surface area contributed by atoms with Gasteiger partial charge in [-0.05, 0) is 10.8 Å². The molecule has 0 atom stereocenters. The Kier molecular flexibility index (Phi) is 11.4. The fraction of sp³-hybridized carbons (Fsp3) is 0.244. The van der Waals surface area contributed by atoms with Gasteiger partial charge in [0, 0.05) is 0 Å². The summed E-state index contributed by atoms with van der Waals surface area (Å²) in [7, 11) is 12.7. The van der Waals surface area contributed by atoms with Gasteiger partial charge in [0.25, 0.3) is 0 Å². The first-order valence-electron chi connectivity index (χ1n) is 15.2. The number of rotatable bonds is 2. The topological polar surface area (TPSA) is 0 Å². The number of hydrogen-bond donors (Lipinski definition) is 0. The first-order chi connectivity index (χ1) is 20.7. The molecule has 0 saturated heterocycles. The zero-order chi connectivity index (χ0) is 32.1. The van der Waals surface area contributed by atoms with Gasteiger partial charge < -0.3 is 0 Å². The maximum atomic E-state index is 6.33. The van der Waals surface area contributed by atoms with Gasteiger partial charge in [-0.2, -0.15) is 18.2 Å². The second-order valence-electron chi connectivity index (χ2n) is 13.6. The standard InChI is InChI=1S/C21H25.C15H14.C5H5.2ClH.Hf/c1-20(2,3)16-7-9-18-14(12-16)11-15-13-17(21(4,5)6)8-10-19(15)18;1-12-3-7-14(8-4-12)11-15-9-5-13(2)6-10-15;1-2-4-5-3-1;;;/h7-13H,1-6H3;3-10H,1-2H3;1-5H;2*1H;/q-1;;-1;;;+2/p-2. The molecule has 0 spiro atoms. The van der Waals surface area contributed by atoms with Crippen LogP contribution in [0.25, 0.3) is 21.5 Å². The third kappa shape index (κ3) is 9.00. The monoisotopic (exact) mass is 786 g/mol. The Balaban J connectivity index is 0.000000175. The van der Waals surface area contributed by atoms with Gasteiger partial charge in [-0.1, -0.05) is 76.9 Å². The zero-order valence-corrected chi connectivity index (χ0v) is 32.4. The molecular formula is C41H44Cl2Hf-2. The van der Waals surface area contributed by atoms with Crippen molar-refractivity contribution < 1.29 is 18.6 Å². The molecule has 0 fully saturated rings. The summed E-state index contributed by atoms with van der Waals surface area (Å²) in [6, 6.07) is 43.0. The maximum absolute atomic E-state index is 6.33. The molecule has 6 aromatic carbocycles. The first kappa shape index (κ1) is 34.3. The number of aryl methyl sites for hydroxylation is 2. The summed E-state index contributed by atoms with van der Waals surface area (Å²) in [6.07, 6.45) is 0. The Labute approximate surface area is 279 Å². The summed E-state index contributed by atoms with van der Waals surface area (Å²) in [6.45, 7) is 17.8. The summed E-state index contributed by atoms with van der Waals surface area (Å²) < 4.78 is 1.17. The molecule has 3 heteroatoms. The molecule has 0 N–H and O–H groups in total. The Bertz CT molecular complexity index is 1680. The van der Waals surface area contributed by atoms with Crippen LogP contribution >= 0.6 is 17.2 Å². The van der Waals surface area contributed by atoms with Gasteiger partial charge in [0.1, 0.15) is 0 Å². The van der Waals surface area contributed by atoms with Crippen molar-refractivity contribution in [3.8, 4) is 0 Å². The van der Waals surface area contributed by atoms with Crippen LogP contribution in [0.4, 0.5) is 0 Å². The van der Waals surface area contributed by atoms with Crippen LogP contribution in [-0.2, 0) is 29.4 Å². The van der Waals surface area contributed by atoms with Gasteiger partial charge in [-0.15, -0.1) is 39.7 Å². The predicted octanol–water partition coefficient (Wildman–Crippen LogP) is 12.5. The van der Waals surface area contributed by atoms with E-state index in [0.29, 0.717) is 0 Å². The normalized spacial score (nSPS) is 11.4. The molecule has 0 aromatic heterocycles. The van der Waals surface area contributed by atoms with Crippen molar-refractivity contribution >= 4 is 42.0 Å². The Hall–Kier alpha value is -2.58. The molecule has 44 heavy (non-hydrogen) atoms. The van der Waals surface area contributed by atoms with E-state index in [0.717, 1.165) is 11.1 Å². The van der Waals surface area contributed by atoms with Crippen molar-refractivity contribution in [1.29, 1.82) is 0 Å². The largest absolute Gasteiger partial charge is 0.214 e. The molecule has 0 amide bonds. The molecule has 0 aliphatic rings. The minimum absolute atomic E-state index is 0.203. The van der Waals surface area contributed by atoms with E-state index in [4.69, 9.17) is 17.2 Å². The molecule has 0 unspecified atom stereocenters. The van der Waals surface area contributed by atoms with E-state index in [1.165, 1.54) is 47.1 Å². The van der Waals surface area contributed by atoms with Crippen LogP contribution < -0.4 is 0 Å². The Morgan fingerprint density at radius 1 is 0.568 bits per heavy atom. The molecule has 0 saturated carbocycles. The SMILES string of the molecule is CC(C)(C)c1ccc2c(c1)[cH-]c1cc(C(C)(C)C)ccc12.Cc1ccc([C](c2ccc(C)cc2)=[Hf]([Cl])[Cl])cc1.c1cc[cH-]c1. The van der Waals surface area contributed by atoms with Crippen molar-refractivity contribution in [1.82, 2.24) is 0 Å². The van der Waals surface area contributed by atoms with E-state index in [9.17, 15) is 0 Å². The van der Waals surface area contributed by atoms with Crippen molar-refractivity contribution in [3.63, 3.8) is 0 Å². The Morgan fingerprint density at radius 2 is 0.955 bits per heavy atom. The van der Waals surface area contributed by atoms with Gasteiger partial charge in [0.2, 0.25) is 0 Å². The molecule has 6 aromatic rings. The second-order valence-corrected chi connectivity index (χ2v) is 25.0. The molecule has 6 rings (SSSR count).